The van der Waals surface area contributed by atoms with Crippen LogP contribution in [0.1, 0.15) is 19.4 Å². The normalized spacial score (nSPS) is 13.2. The molecule has 0 radical (unpaired) electrons. The van der Waals surface area contributed by atoms with Gasteiger partial charge in [-0.2, -0.15) is 0 Å². The third-order valence-corrected chi connectivity index (χ3v) is 2.73. The predicted octanol–water partition coefficient (Wildman–Crippen LogP) is 1.41. The second-order valence-corrected chi connectivity index (χ2v) is 3.71. The number of nitrogens with one attached hydrogen (secondary N) is 1. The summed E-state index contributed by atoms with van der Waals surface area (Å²) in [4.78, 5) is 14.3. The first-order valence-electron chi connectivity index (χ1n) is 5.18. The molecule has 86 valence electrons. The number of benzene rings is 1. The van der Waals surface area contributed by atoms with Crippen molar-refractivity contribution in [2.24, 2.45) is 0 Å². The summed E-state index contributed by atoms with van der Waals surface area (Å²) in [5.41, 5.74) is 0.755. The molecule has 0 saturated carbocycles. The van der Waals surface area contributed by atoms with Gasteiger partial charge in [0.15, 0.2) is 0 Å². The average Bonchev–Trinajstić information content (AvgIpc) is 2.57. The number of fused-ring (bicyclic) bond motifs is 1. The predicted molar refractivity (Wildman–Crippen MR) is 58.9 cm³/mol. The molecule has 0 amide bonds. The van der Waals surface area contributed by atoms with Gasteiger partial charge in [-0.05, 0) is 24.6 Å². The number of aliphatic hydroxyl groups excluding tert-OH is 1. The summed E-state index contributed by atoms with van der Waals surface area (Å²) in [7, 11) is 0. The standard InChI is InChI=1S/C11H13FN2O2/c1-2-8(6-15)14-10-4-3-7(12)5-9(10)13-11(14)16/h3-5,8,15H,2,6H2,1H3,(H,13,16). The second-order valence-electron chi connectivity index (χ2n) is 3.71. The molecule has 0 aliphatic heterocycles. The van der Waals surface area contributed by atoms with Crippen LogP contribution in [0.4, 0.5) is 4.39 Å². The highest BCUT2D eigenvalue weighted by Gasteiger charge is 2.14. The van der Waals surface area contributed by atoms with Gasteiger partial charge in [0.25, 0.3) is 0 Å². The summed E-state index contributed by atoms with van der Waals surface area (Å²) < 4.78 is 14.4. The van der Waals surface area contributed by atoms with Gasteiger partial charge in [0, 0.05) is 0 Å². The highest BCUT2D eigenvalue weighted by Crippen LogP contribution is 2.17. The summed E-state index contributed by atoms with van der Waals surface area (Å²) >= 11 is 0. The molecule has 0 aliphatic carbocycles. The molecule has 1 unspecified atom stereocenters. The van der Waals surface area contributed by atoms with Crippen molar-refractivity contribution in [1.29, 1.82) is 0 Å². The molecule has 2 N–H and O–H groups in total. The molecule has 1 aromatic carbocycles. The second kappa shape index (κ2) is 4.09. The lowest BCUT2D eigenvalue weighted by Crippen LogP contribution is -2.24. The van der Waals surface area contributed by atoms with Crippen molar-refractivity contribution >= 4 is 11.0 Å². The summed E-state index contributed by atoms with van der Waals surface area (Å²) in [5.74, 6) is -0.391. The first-order chi connectivity index (χ1) is 7.67. The minimum Gasteiger partial charge on any atom is -0.394 e. The van der Waals surface area contributed by atoms with E-state index in [9.17, 15) is 14.3 Å². The van der Waals surface area contributed by atoms with Crippen LogP contribution in [0.3, 0.4) is 0 Å². The maximum Gasteiger partial charge on any atom is 0.326 e. The minimum absolute atomic E-state index is 0.110. The number of nitrogens with zero attached hydrogens (tertiary/aromatic N) is 1. The van der Waals surface area contributed by atoms with Crippen LogP contribution in [-0.2, 0) is 0 Å². The molecule has 16 heavy (non-hydrogen) atoms. The number of imidazole rings is 1. The van der Waals surface area contributed by atoms with Gasteiger partial charge in [-0.15, -0.1) is 0 Å². The summed E-state index contributed by atoms with van der Waals surface area (Å²) in [6.45, 7) is 1.77. The third kappa shape index (κ3) is 1.63. The molecule has 0 spiro atoms. The molecule has 0 fully saturated rings. The number of halogens is 1. The van der Waals surface area contributed by atoms with Crippen LogP contribution in [-0.4, -0.2) is 21.3 Å². The molecule has 5 heteroatoms. The number of aromatic nitrogens is 2. The Hall–Kier alpha value is -1.62. The zero-order chi connectivity index (χ0) is 11.7. The van der Waals surface area contributed by atoms with E-state index in [2.05, 4.69) is 4.98 Å². The van der Waals surface area contributed by atoms with Gasteiger partial charge in [-0.1, -0.05) is 6.92 Å². The van der Waals surface area contributed by atoms with Crippen molar-refractivity contribution < 1.29 is 9.50 Å². The van der Waals surface area contributed by atoms with Crippen molar-refractivity contribution in [3.8, 4) is 0 Å². The Labute approximate surface area is 91.3 Å². The number of aromatic amines is 1. The van der Waals surface area contributed by atoms with E-state index >= 15 is 0 Å². The van der Waals surface area contributed by atoms with Crippen molar-refractivity contribution in [3.63, 3.8) is 0 Å². The van der Waals surface area contributed by atoms with Crippen molar-refractivity contribution in [3.05, 3.63) is 34.5 Å². The molecule has 0 saturated heterocycles. The Morgan fingerprint density at radius 1 is 1.56 bits per heavy atom. The largest absolute Gasteiger partial charge is 0.394 e. The van der Waals surface area contributed by atoms with Crippen molar-refractivity contribution in [2.45, 2.75) is 19.4 Å². The molecule has 0 bridgehead atoms. The van der Waals surface area contributed by atoms with E-state index in [-0.39, 0.29) is 18.3 Å². The number of H-pyrrole nitrogens is 1. The quantitative estimate of drug-likeness (QED) is 0.828. The van der Waals surface area contributed by atoms with Gasteiger partial charge in [-0.3, -0.25) is 4.57 Å². The first kappa shape index (κ1) is 10.9. The molecule has 1 heterocycles. The fourth-order valence-electron chi connectivity index (χ4n) is 1.86. The zero-order valence-electron chi connectivity index (χ0n) is 8.90. The number of hydrogen-bond acceptors (Lipinski definition) is 2. The molecular formula is C11H13FN2O2. The lowest BCUT2D eigenvalue weighted by Gasteiger charge is -2.13. The third-order valence-electron chi connectivity index (χ3n) is 2.73. The zero-order valence-corrected chi connectivity index (χ0v) is 8.90. The minimum atomic E-state index is -0.391. The Kier molecular flexibility index (Phi) is 2.78. The van der Waals surface area contributed by atoms with Crippen LogP contribution in [0.2, 0.25) is 0 Å². The van der Waals surface area contributed by atoms with Gasteiger partial charge >= 0.3 is 5.69 Å². The van der Waals surface area contributed by atoms with Crippen LogP contribution in [0.25, 0.3) is 11.0 Å². The maximum absolute atomic E-state index is 13.0. The van der Waals surface area contributed by atoms with E-state index < -0.39 is 5.82 Å². The van der Waals surface area contributed by atoms with Gasteiger partial charge in [-0.25, -0.2) is 9.18 Å². The number of rotatable bonds is 3. The summed E-state index contributed by atoms with van der Waals surface area (Å²) in [5, 5.41) is 9.19. The lowest BCUT2D eigenvalue weighted by molar-refractivity contribution is 0.225. The van der Waals surface area contributed by atoms with Gasteiger partial charge in [0.05, 0.1) is 23.7 Å². The molecule has 1 aromatic heterocycles. The van der Waals surface area contributed by atoms with Gasteiger partial charge in [0.1, 0.15) is 5.82 Å². The van der Waals surface area contributed by atoms with Gasteiger partial charge in [0.2, 0.25) is 0 Å². The Morgan fingerprint density at radius 3 is 2.94 bits per heavy atom. The van der Waals surface area contributed by atoms with E-state index in [4.69, 9.17) is 0 Å². The lowest BCUT2D eigenvalue weighted by atomic mass is 10.2. The Balaban J connectivity index is 2.69. The highest BCUT2D eigenvalue weighted by atomic mass is 19.1. The summed E-state index contributed by atoms with van der Waals surface area (Å²) in [6.07, 6.45) is 0.640. The van der Waals surface area contributed by atoms with Crippen LogP contribution in [0, 0.1) is 5.82 Å². The Morgan fingerprint density at radius 2 is 2.31 bits per heavy atom. The number of aliphatic hydroxyl groups is 1. The topological polar surface area (TPSA) is 58.0 Å². The maximum atomic E-state index is 13.0. The molecular weight excluding hydrogens is 211 g/mol. The number of hydrogen-bond donors (Lipinski definition) is 2. The molecule has 4 nitrogen and oxygen atoms in total. The molecule has 0 aliphatic rings. The van der Waals surface area contributed by atoms with Crippen molar-refractivity contribution in [2.75, 3.05) is 6.61 Å². The van der Waals surface area contributed by atoms with Crippen LogP contribution >= 0.6 is 0 Å². The Bertz CT molecular complexity index is 555. The SMILES string of the molecule is CCC(CO)n1c(=O)[nH]c2cc(F)ccc21. The van der Waals surface area contributed by atoms with Crippen molar-refractivity contribution in [1.82, 2.24) is 9.55 Å². The van der Waals surface area contributed by atoms with E-state index in [1.807, 2.05) is 6.92 Å². The van der Waals surface area contributed by atoms with Crippen LogP contribution < -0.4 is 5.69 Å². The van der Waals surface area contributed by atoms with E-state index in [1.54, 1.807) is 6.07 Å². The first-order valence-corrected chi connectivity index (χ1v) is 5.18. The van der Waals surface area contributed by atoms with E-state index in [0.29, 0.717) is 17.5 Å². The molecule has 1 atom stereocenters. The smallest absolute Gasteiger partial charge is 0.326 e. The van der Waals surface area contributed by atoms with Gasteiger partial charge < -0.3 is 10.1 Å². The molecule has 2 aromatic rings. The fourth-order valence-corrected chi connectivity index (χ4v) is 1.86. The fraction of sp³-hybridized carbons (Fsp3) is 0.364. The van der Waals surface area contributed by atoms with Crippen LogP contribution in [0.5, 0.6) is 0 Å². The van der Waals surface area contributed by atoms with E-state index in [0.717, 1.165) is 0 Å². The summed E-state index contributed by atoms with van der Waals surface area (Å²) in [6, 6.07) is 3.85. The molecule has 2 rings (SSSR count). The van der Waals surface area contributed by atoms with E-state index in [1.165, 1.54) is 16.7 Å². The monoisotopic (exact) mass is 224 g/mol. The average molecular weight is 224 g/mol. The van der Waals surface area contributed by atoms with Crippen LogP contribution in [0.15, 0.2) is 23.0 Å². The highest BCUT2D eigenvalue weighted by molar-refractivity contribution is 5.75.